The summed E-state index contributed by atoms with van der Waals surface area (Å²) in [5.74, 6) is 0.483. The van der Waals surface area contributed by atoms with Crippen molar-refractivity contribution in [2.75, 3.05) is 5.73 Å². The number of carbonyl (C=O) groups is 1. The lowest BCUT2D eigenvalue weighted by atomic mass is 9.88. The van der Waals surface area contributed by atoms with Crippen LogP contribution in [0.4, 0.5) is 5.82 Å². The zero-order valence-corrected chi connectivity index (χ0v) is 12.7. The Bertz CT molecular complexity index is 454. The molecule has 0 spiro atoms. The summed E-state index contributed by atoms with van der Waals surface area (Å²) >= 11 is 0. The second-order valence-electron chi connectivity index (χ2n) is 6.49. The number of carbonyl (C=O) groups excluding carboxylic acids is 1. The molecule has 0 radical (unpaired) electrons. The molecule has 0 atom stereocenters. The first kappa shape index (κ1) is 14.4. The van der Waals surface area contributed by atoms with Crippen LogP contribution in [0.3, 0.4) is 0 Å². The molecule has 5 nitrogen and oxygen atoms in total. The number of hydrogen-bond acceptors (Lipinski definition) is 3. The normalized spacial score (nSPS) is 21.3. The van der Waals surface area contributed by atoms with Crippen LogP contribution >= 0.6 is 0 Å². The number of anilines is 1. The van der Waals surface area contributed by atoms with Gasteiger partial charge >= 0.3 is 0 Å². The van der Waals surface area contributed by atoms with Crippen LogP contribution in [0.15, 0.2) is 6.20 Å². The van der Waals surface area contributed by atoms with Crippen molar-refractivity contribution in [3.8, 4) is 0 Å². The quantitative estimate of drug-likeness (QED) is 0.898. The van der Waals surface area contributed by atoms with Gasteiger partial charge in [0, 0.05) is 12.1 Å². The predicted molar refractivity (Wildman–Crippen MR) is 82.9 cm³/mol. The number of nitrogens with two attached hydrogens (primary N) is 1. The van der Waals surface area contributed by atoms with E-state index >= 15 is 0 Å². The van der Waals surface area contributed by atoms with Gasteiger partial charge in [-0.05, 0) is 25.7 Å². The van der Waals surface area contributed by atoms with Gasteiger partial charge in [-0.2, -0.15) is 5.10 Å². The van der Waals surface area contributed by atoms with Crippen molar-refractivity contribution < 1.29 is 4.79 Å². The Morgan fingerprint density at radius 3 is 2.00 bits per heavy atom. The summed E-state index contributed by atoms with van der Waals surface area (Å²) in [5, 5.41) is 6.61. The molecule has 3 rings (SSSR count). The van der Waals surface area contributed by atoms with E-state index in [0.29, 0.717) is 23.5 Å². The fourth-order valence-corrected chi connectivity index (χ4v) is 3.95. The van der Waals surface area contributed by atoms with Gasteiger partial charge in [0.2, 0.25) is 0 Å². The summed E-state index contributed by atoms with van der Waals surface area (Å²) in [5.41, 5.74) is 6.42. The van der Waals surface area contributed by atoms with Gasteiger partial charge in [-0.15, -0.1) is 0 Å². The van der Waals surface area contributed by atoms with Gasteiger partial charge in [-0.3, -0.25) is 9.89 Å². The molecule has 0 aliphatic heterocycles. The van der Waals surface area contributed by atoms with Crippen LogP contribution in [0.25, 0.3) is 0 Å². The van der Waals surface area contributed by atoms with Crippen LogP contribution < -0.4 is 5.73 Å². The van der Waals surface area contributed by atoms with Crippen LogP contribution in [0.1, 0.15) is 74.6 Å². The maximum Gasteiger partial charge on any atom is 0.259 e. The maximum atomic E-state index is 13.0. The lowest BCUT2D eigenvalue weighted by Crippen LogP contribution is -2.48. The van der Waals surface area contributed by atoms with Crippen molar-refractivity contribution in [2.45, 2.75) is 76.3 Å². The predicted octanol–water partition coefficient (Wildman–Crippen LogP) is 3.10. The van der Waals surface area contributed by atoms with Gasteiger partial charge < -0.3 is 10.6 Å². The molecule has 1 aromatic heterocycles. The minimum absolute atomic E-state index is 0.0834. The molecular formula is C16H26N4O. The third kappa shape index (κ3) is 3.06. The molecule has 0 unspecified atom stereocenters. The minimum atomic E-state index is 0.0834. The van der Waals surface area contributed by atoms with E-state index in [1.807, 2.05) is 0 Å². The molecule has 0 saturated heterocycles. The van der Waals surface area contributed by atoms with Gasteiger partial charge in [0.15, 0.2) is 0 Å². The summed E-state index contributed by atoms with van der Waals surface area (Å²) in [4.78, 5) is 15.2. The van der Waals surface area contributed by atoms with Crippen LogP contribution in [0, 0.1) is 0 Å². The standard InChI is InChI=1S/C16H26N4O/c17-15-14(11-18-19-15)16(21)20(12-7-3-1-4-8-12)13-9-5-2-6-10-13/h11-13H,1-10H2,(H3,17,18,19). The van der Waals surface area contributed by atoms with E-state index in [-0.39, 0.29) is 5.91 Å². The summed E-state index contributed by atoms with van der Waals surface area (Å²) in [7, 11) is 0. The first-order valence-electron chi connectivity index (χ1n) is 8.39. The van der Waals surface area contributed by atoms with Gasteiger partial charge in [-0.25, -0.2) is 0 Å². The molecular weight excluding hydrogens is 264 g/mol. The maximum absolute atomic E-state index is 13.0. The number of hydrogen-bond donors (Lipinski definition) is 2. The van der Waals surface area contributed by atoms with Gasteiger partial charge in [0.05, 0.1) is 6.20 Å². The zero-order chi connectivity index (χ0) is 14.7. The molecule has 2 fully saturated rings. The number of nitrogen functional groups attached to an aromatic ring is 1. The van der Waals surface area contributed by atoms with Crippen molar-refractivity contribution in [3.63, 3.8) is 0 Å². The average Bonchev–Trinajstić information content (AvgIpc) is 2.96. The third-order valence-electron chi connectivity index (χ3n) is 5.07. The first-order valence-corrected chi connectivity index (χ1v) is 8.39. The Kier molecular flexibility index (Phi) is 4.46. The number of nitrogens with zero attached hydrogens (tertiary/aromatic N) is 2. The third-order valence-corrected chi connectivity index (χ3v) is 5.07. The molecule has 2 aliphatic carbocycles. The van der Waals surface area contributed by atoms with Gasteiger partial charge in [0.1, 0.15) is 11.4 Å². The minimum Gasteiger partial charge on any atom is -0.383 e. The molecule has 116 valence electrons. The van der Waals surface area contributed by atoms with E-state index in [4.69, 9.17) is 5.73 Å². The Labute approximate surface area is 126 Å². The van der Waals surface area contributed by atoms with E-state index in [1.165, 1.54) is 38.5 Å². The van der Waals surface area contributed by atoms with Crippen molar-refractivity contribution >= 4 is 11.7 Å². The van der Waals surface area contributed by atoms with E-state index < -0.39 is 0 Å². The van der Waals surface area contributed by atoms with Crippen molar-refractivity contribution in [1.29, 1.82) is 0 Å². The Balaban J connectivity index is 1.83. The number of amides is 1. The Morgan fingerprint density at radius 2 is 1.57 bits per heavy atom. The lowest BCUT2D eigenvalue weighted by molar-refractivity contribution is 0.0449. The summed E-state index contributed by atoms with van der Waals surface area (Å²) < 4.78 is 0. The second kappa shape index (κ2) is 6.50. The molecule has 1 heterocycles. The number of aromatic nitrogens is 2. The van der Waals surface area contributed by atoms with Crippen LogP contribution in [0.2, 0.25) is 0 Å². The number of H-pyrrole nitrogens is 1. The highest BCUT2D eigenvalue weighted by molar-refractivity contribution is 5.98. The SMILES string of the molecule is Nc1[nH]ncc1C(=O)N(C1CCCCC1)C1CCCCC1. The van der Waals surface area contributed by atoms with Crippen molar-refractivity contribution in [3.05, 3.63) is 11.8 Å². The fourth-order valence-electron chi connectivity index (χ4n) is 3.95. The Morgan fingerprint density at radius 1 is 1.05 bits per heavy atom. The van der Waals surface area contributed by atoms with Crippen molar-refractivity contribution in [1.82, 2.24) is 15.1 Å². The molecule has 21 heavy (non-hydrogen) atoms. The van der Waals surface area contributed by atoms with E-state index in [2.05, 4.69) is 15.1 Å². The van der Waals surface area contributed by atoms with E-state index in [0.717, 1.165) is 25.7 Å². The van der Waals surface area contributed by atoms with Crippen LogP contribution in [0.5, 0.6) is 0 Å². The summed E-state index contributed by atoms with van der Waals surface area (Å²) in [6.07, 6.45) is 13.7. The summed E-state index contributed by atoms with van der Waals surface area (Å²) in [6, 6.07) is 0.785. The van der Waals surface area contributed by atoms with Crippen LogP contribution in [-0.4, -0.2) is 33.1 Å². The lowest BCUT2D eigenvalue weighted by Gasteiger charge is -2.41. The molecule has 2 saturated carbocycles. The van der Waals surface area contributed by atoms with Crippen molar-refractivity contribution in [2.24, 2.45) is 0 Å². The molecule has 5 heteroatoms. The summed E-state index contributed by atoms with van der Waals surface area (Å²) in [6.45, 7) is 0. The Hall–Kier alpha value is -1.52. The highest BCUT2D eigenvalue weighted by Gasteiger charge is 2.34. The fraction of sp³-hybridized carbons (Fsp3) is 0.750. The van der Waals surface area contributed by atoms with Crippen LogP contribution in [-0.2, 0) is 0 Å². The monoisotopic (exact) mass is 290 g/mol. The second-order valence-corrected chi connectivity index (χ2v) is 6.49. The average molecular weight is 290 g/mol. The molecule has 0 aromatic carbocycles. The van der Waals surface area contributed by atoms with E-state index in [1.54, 1.807) is 6.20 Å². The highest BCUT2D eigenvalue weighted by Crippen LogP contribution is 2.31. The number of nitrogens with one attached hydrogen (secondary N) is 1. The number of aromatic amines is 1. The smallest absolute Gasteiger partial charge is 0.259 e. The largest absolute Gasteiger partial charge is 0.383 e. The molecule has 0 bridgehead atoms. The number of rotatable bonds is 3. The molecule has 3 N–H and O–H groups in total. The van der Waals surface area contributed by atoms with E-state index in [9.17, 15) is 4.79 Å². The molecule has 2 aliphatic rings. The molecule has 1 aromatic rings. The highest BCUT2D eigenvalue weighted by atomic mass is 16.2. The topological polar surface area (TPSA) is 75.0 Å². The van der Waals surface area contributed by atoms with Gasteiger partial charge in [-0.1, -0.05) is 38.5 Å². The van der Waals surface area contributed by atoms with Gasteiger partial charge in [0.25, 0.3) is 5.91 Å². The zero-order valence-electron chi connectivity index (χ0n) is 12.7. The first-order chi connectivity index (χ1) is 10.3. The molecule has 1 amide bonds.